The van der Waals surface area contributed by atoms with Crippen LogP contribution in [-0.2, 0) is 14.3 Å². The normalized spacial score (nSPS) is 15.0. The molecule has 1 N–H and O–H groups in total. The van der Waals surface area contributed by atoms with Crippen molar-refractivity contribution in [2.75, 3.05) is 6.61 Å². The van der Waals surface area contributed by atoms with Gasteiger partial charge < -0.3 is 9.72 Å². The highest BCUT2D eigenvalue weighted by Crippen LogP contribution is 2.41. The Kier molecular flexibility index (Phi) is 5.12. The number of H-pyrrole nitrogens is 1. The molecule has 0 saturated heterocycles. The van der Waals surface area contributed by atoms with Crippen LogP contribution in [0.15, 0.2) is 60.8 Å². The number of hydrogen-bond donors (Lipinski definition) is 1. The maximum absolute atomic E-state index is 14.6. The molecular formula is C24H20FNO3. The van der Waals surface area contributed by atoms with Gasteiger partial charge in [-0.05, 0) is 41.8 Å². The van der Waals surface area contributed by atoms with Gasteiger partial charge in [-0.2, -0.15) is 0 Å². The lowest BCUT2D eigenvalue weighted by atomic mass is 9.87. The lowest BCUT2D eigenvalue weighted by Crippen LogP contribution is -2.21. The van der Waals surface area contributed by atoms with E-state index in [2.05, 4.69) is 4.98 Å². The number of ether oxygens (including phenoxy) is 1. The Hall–Kier alpha value is -3.47. The molecule has 5 heteroatoms. The Morgan fingerprint density at radius 1 is 1.03 bits per heavy atom. The van der Waals surface area contributed by atoms with Gasteiger partial charge in [-0.15, -0.1) is 0 Å². The van der Waals surface area contributed by atoms with Crippen molar-refractivity contribution in [1.82, 2.24) is 4.98 Å². The van der Waals surface area contributed by atoms with Crippen molar-refractivity contribution in [1.29, 1.82) is 0 Å². The standard InChI is InChI=1S/C24H20FNO3/c1-2-29-24(28)22(27)14-20-16-8-4-3-7-15(16)13-19(18-11-12-26-23(18)20)17-9-5-6-10-21(17)25/h3-13,20,26H,2,14H2,1H3/t20-/m0/s1. The van der Waals surface area contributed by atoms with Crippen LogP contribution in [0.5, 0.6) is 0 Å². The van der Waals surface area contributed by atoms with Gasteiger partial charge in [-0.25, -0.2) is 9.18 Å². The molecule has 4 nitrogen and oxygen atoms in total. The van der Waals surface area contributed by atoms with E-state index in [9.17, 15) is 14.0 Å². The Bertz CT molecular complexity index is 1110. The molecule has 1 atom stereocenters. The minimum atomic E-state index is -0.829. The molecule has 2 aromatic carbocycles. The number of nitrogens with one attached hydrogen (secondary N) is 1. The van der Waals surface area contributed by atoms with Crippen molar-refractivity contribution in [2.24, 2.45) is 0 Å². The third kappa shape index (κ3) is 3.51. The Morgan fingerprint density at radius 2 is 1.79 bits per heavy atom. The van der Waals surface area contributed by atoms with Crippen LogP contribution in [0.25, 0.3) is 11.6 Å². The summed E-state index contributed by atoms with van der Waals surface area (Å²) >= 11 is 0. The second-order valence-electron chi connectivity index (χ2n) is 6.87. The summed E-state index contributed by atoms with van der Waals surface area (Å²) in [6, 6.07) is 16.2. The van der Waals surface area contributed by atoms with Gasteiger partial charge in [0, 0.05) is 35.4 Å². The van der Waals surface area contributed by atoms with Crippen LogP contribution in [-0.4, -0.2) is 23.3 Å². The molecule has 0 amide bonds. The van der Waals surface area contributed by atoms with E-state index >= 15 is 0 Å². The first kappa shape index (κ1) is 18.9. The SMILES string of the molecule is CCOC(=O)C(=O)C[C@H]1c2ccccc2C=C(c2ccccc2F)c2cc[nH]c21. The van der Waals surface area contributed by atoms with Crippen molar-refractivity contribution in [3.63, 3.8) is 0 Å². The zero-order valence-electron chi connectivity index (χ0n) is 15.9. The first-order chi connectivity index (χ1) is 14.1. The number of halogens is 1. The van der Waals surface area contributed by atoms with Gasteiger partial charge in [-0.1, -0.05) is 42.5 Å². The molecule has 0 bridgehead atoms. The second-order valence-corrected chi connectivity index (χ2v) is 6.87. The fraction of sp³-hybridized carbons (Fsp3) is 0.167. The van der Waals surface area contributed by atoms with Crippen LogP contribution < -0.4 is 0 Å². The third-order valence-corrected chi connectivity index (χ3v) is 5.15. The third-order valence-electron chi connectivity index (χ3n) is 5.15. The molecule has 0 fully saturated rings. The van der Waals surface area contributed by atoms with Gasteiger partial charge in [0.1, 0.15) is 5.82 Å². The highest BCUT2D eigenvalue weighted by atomic mass is 19.1. The van der Waals surface area contributed by atoms with Crippen molar-refractivity contribution in [3.8, 4) is 0 Å². The maximum Gasteiger partial charge on any atom is 0.374 e. The predicted molar refractivity (Wildman–Crippen MR) is 109 cm³/mol. The molecule has 1 aliphatic carbocycles. The van der Waals surface area contributed by atoms with Crippen molar-refractivity contribution < 1.29 is 18.7 Å². The molecule has 1 heterocycles. The highest BCUT2D eigenvalue weighted by molar-refractivity contribution is 6.33. The highest BCUT2D eigenvalue weighted by Gasteiger charge is 2.30. The van der Waals surface area contributed by atoms with E-state index in [0.29, 0.717) is 5.56 Å². The number of ketones is 1. The molecular weight excluding hydrogens is 369 g/mol. The number of carbonyl (C=O) groups is 2. The molecule has 0 radical (unpaired) electrons. The zero-order chi connectivity index (χ0) is 20.4. The predicted octanol–water partition coefficient (Wildman–Crippen LogP) is 4.71. The number of benzene rings is 2. The number of aromatic nitrogens is 1. The number of carbonyl (C=O) groups excluding carboxylic acids is 2. The second kappa shape index (κ2) is 7.87. The molecule has 3 aromatic rings. The fourth-order valence-corrected chi connectivity index (χ4v) is 3.85. The number of fused-ring (bicyclic) bond motifs is 2. The van der Waals surface area contributed by atoms with E-state index in [1.54, 1.807) is 31.3 Å². The zero-order valence-corrected chi connectivity index (χ0v) is 15.9. The molecule has 0 saturated carbocycles. The number of aromatic amines is 1. The summed E-state index contributed by atoms with van der Waals surface area (Å²) in [6.07, 6.45) is 3.69. The van der Waals surface area contributed by atoms with E-state index in [1.165, 1.54) is 6.07 Å². The lowest BCUT2D eigenvalue weighted by molar-refractivity contribution is -0.153. The smallest absolute Gasteiger partial charge is 0.374 e. The molecule has 1 aliphatic rings. The summed E-state index contributed by atoms with van der Waals surface area (Å²) < 4.78 is 19.5. The van der Waals surface area contributed by atoms with E-state index in [1.807, 2.05) is 36.4 Å². The molecule has 0 spiro atoms. The van der Waals surface area contributed by atoms with E-state index in [4.69, 9.17) is 4.74 Å². The quantitative estimate of drug-likeness (QED) is 0.508. The Labute approximate surface area is 168 Å². The molecule has 1 aromatic heterocycles. The summed E-state index contributed by atoms with van der Waals surface area (Å²) in [4.78, 5) is 27.7. The average Bonchev–Trinajstić information content (AvgIpc) is 3.16. The van der Waals surface area contributed by atoms with Crippen LogP contribution in [0.1, 0.15) is 47.2 Å². The van der Waals surface area contributed by atoms with Gasteiger partial charge in [0.15, 0.2) is 0 Å². The minimum absolute atomic E-state index is 0.0260. The summed E-state index contributed by atoms with van der Waals surface area (Å²) in [5.74, 6) is -2.09. The molecule has 29 heavy (non-hydrogen) atoms. The summed E-state index contributed by atoms with van der Waals surface area (Å²) in [6.45, 7) is 1.82. The molecule has 4 rings (SSSR count). The molecule has 0 aliphatic heterocycles. The monoisotopic (exact) mass is 389 g/mol. The number of Topliss-reactive ketones (excluding diaryl/α,β-unsaturated/α-hetero) is 1. The molecule has 146 valence electrons. The average molecular weight is 389 g/mol. The number of rotatable bonds is 5. The van der Waals surface area contributed by atoms with Gasteiger partial charge >= 0.3 is 5.97 Å². The topological polar surface area (TPSA) is 59.2 Å². The van der Waals surface area contributed by atoms with E-state index in [0.717, 1.165) is 28.0 Å². The van der Waals surface area contributed by atoms with Crippen LogP contribution in [0.3, 0.4) is 0 Å². The van der Waals surface area contributed by atoms with Crippen molar-refractivity contribution in [3.05, 3.63) is 94.6 Å². The van der Waals surface area contributed by atoms with Crippen LogP contribution in [0.4, 0.5) is 4.39 Å². The first-order valence-electron chi connectivity index (χ1n) is 9.53. The van der Waals surface area contributed by atoms with E-state index < -0.39 is 11.8 Å². The first-order valence-corrected chi connectivity index (χ1v) is 9.53. The van der Waals surface area contributed by atoms with Crippen LogP contribution >= 0.6 is 0 Å². The van der Waals surface area contributed by atoms with Crippen LogP contribution in [0, 0.1) is 5.82 Å². The van der Waals surface area contributed by atoms with Gasteiger partial charge in [0.2, 0.25) is 5.78 Å². The van der Waals surface area contributed by atoms with Crippen LogP contribution in [0.2, 0.25) is 0 Å². The number of esters is 1. The van der Waals surface area contributed by atoms with E-state index in [-0.39, 0.29) is 24.8 Å². The maximum atomic E-state index is 14.6. The Balaban J connectivity index is 1.86. The summed E-state index contributed by atoms with van der Waals surface area (Å²) in [7, 11) is 0. The van der Waals surface area contributed by atoms with Gasteiger partial charge in [0.25, 0.3) is 0 Å². The van der Waals surface area contributed by atoms with Gasteiger partial charge in [-0.3, -0.25) is 4.79 Å². The number of hydrogen-bond acceptors (Lipinski definition) is 3. The summed E-state index contributed by atoms with van der Waals surface area (Å²) in [5.41, 5.74) is 4.60. The minimum Gasteiger partial charge on any atom is -0.460 e. The van der Waals surface area contributed by atoms with Gasteiger partial charge in [0.05, 0.1) is 6.61 Å². The summed E-state index contributed by atoms with van der Waals surface area (Å²) in [5, 5.41) is 0. The fourth-order valence-electron chi connectivity index (χ4n) is 3.85. The lowest BCUT2D eigenvalue weighted by Gasteiger charge is -2.17. The molecule has 0 unspecified atom stereocenters. The van der Waals surface area contributed by atoms with Crippen molar-refractivity contribution in [2.45, 2.75) is 19.3 Å². The largest absolute Gasteiger partial charge is 0.460 e. The Morgan fingerprint density at radius 3 is 2.59 bits per heavy atom. The van der Waals surface area contributed by atoms with Crippen molar-refractivity contribution >= 4 is 23.4 Å².